The fourth-order valence-corrected chi connectivity index (χ4v) is 3.70. The molecule has 0 spiro atoms. The Kier molecular flexibility index (Phi) is 6.20. The molecular formula is C19H24N2O3S. The molecule has 2 N–H and O–H groups in total. The topological polar surface area (TPSA) is 75.3 Å². The van der Waals surface area contributed by atoms with E-state index in [1.807, 2.05) is 39.0 Å². The van der Waals surface area contributed by atoms with Crippen LogP contribution in [-0.2, 0) is 10.0 Å². The first-order chi connectivity index (χ1) is 11.8. The number of carbonyl (C=O) groups excluding carboxylic acids is 1. The number of amides is 1. The standard InChI is InChI=1S/C19H24N2O3S/c1-4-5-12-20-19(22)16-10-7-11-17(13-16)25(23,24)21-18-14(2)8-6-9-15(18)3/h6-11,13,21H,4-5,12H2,1-3H3,(H,20,22). The quantitative estimate of drug-likeness (QED) is 0.740. The minimum Gasteiger partial charge on any atom is -0.352 e. The molecule has 5 nitrogen and oxygen atoms in total. The van der Waals surface area contributed by atoms with Crippen molar-refractivity contribution in [2.45, 2.75) is 38.5 Å². The van der Waals surface area contributed by atoms with E-state index in [0.29, 0.717) is 17.8 Å². The van der Waals surface area contributed by atoms with Gasteiger partial charge in [0.25, 0.3) is 15.9 Å². The monoisotopic (exact) mass is 360 g/mol. The first-order valence-corrected chi connectivity index (χ1v) is 9.80. The van der Waals surface area contributed by atoms with E-state index in [1.165, 1.54) is 12.1 Å². The summed E-state index contributed by atoms with van der Waals surface area (Å²) in [6, 6.07) is 11.7. The van der Waals surface area contributed by atoms with Crippen LogP contribution in [0.4, 0.5) is 5.69 Å². The Morgan fingerprint density at radius 1 is 1.04 bits per heavy atom. The zero-order chi connectivity index (χ0) is 18.4. The molecule has 1 amide bonds. The van der Waals surface area contributed by atoms with Crippen molar-refractivity contribution in [2.75, 3.05) is 11.3 Å². The van der Waals surface area contributed by atoms with Crippen molar-refractivity contribution in [3.05, 3.63) is 59.2 Å². The predicted octanol–water partition coefficient (Wildman–Crippen LogP) is 3.63. The first-order valence-electron chi connectivity index (χ1n) is 8.32. The minimum atomic E-state index is -3.77. The molecule has 0 aliphatic heterocycles. The average Bonchev–Trinajstić information content (AvgIpc) is 2.58. The summed E-state index contributed by atoms with van der Waals surface area (Å²) < 4.78 is 28.0. The summed E-state index contributed by atoms with van der Waals surface area (Å²) in [5.41, 5.74) is 2.59. The van der Waals surface area contributed by atoms with Gasteiger partial charge in [0.05, 0.1) is 10.6 Å². The van der Waals surface area contributed by atoms with Gasteiger partial charge in [0.15, 0.2) is 0 Å². The van der Waals surface area contributed by atoms with Gasteiger partial charge in [0, 0.05) is 12.1 Å². The summed E-state index contributed by atoms with van der Waals surface area (Å²) in [5.74, 6) is -0.266. The van der Waals surface area contributed by atoms with Gasteiger partial charge in [-0.2, -0.15) is 0 Å². The lowest BCUT2D eigenvalue weighted by Crippen LogP contribution is -2.24. The molecule has 2 rings (SSSR count). The highest BCUT2D eigenvalue weighted by Gasteiger charge is 2.18. The fourth-order valence-electron chi connectivity index (χ4n) is 2.45. The normalized spacial score (nSPS) is 11.2. The van der Waals surface area contributed by atoms with Crippen molar-refractivity contribution in [1.29, 1.82) is 0 Å². The molecule has 0 heterocycles. The maximum absolute atomic E-state index is 12.7. The van der Waals surface area contributed by atoms with Gasteiger partial charge < -0.3 is 5.32 Å². The lowest BCUT2D eigenvalue weighted by Gasteiger charge is -2.13. The Labute approximate surface area is 149 Å². The summed E-state index contributed by atoms with van der Waals surface area (Å²) in [4.78, 5) is 12.2. The van der Waals surface area contributed by atoms with Crippen LogP contribution in [0.25, 0.3) is 0 Å². The second-order valence-corrected chi connectivity index (χ2v) is 7.69. The van der Waals surface area contributed by atoms with Crippen LogP contribution in [0, 0.1) is 13.8 Å². The number of aryl methyl sites for hydroxylation is 2. The molecule has 0 unspecified atom stereocenters. The maximum Gasteiger partial charge on any atom is 0.261 e. The Morgan fingerprint density at radius 3 is 2.32 bits per heavy atom. The fraction of sp³-hybridized carbons (Fsp3) is 0.316. The summed E-state index contributed by atoms with van der Waals surface area (Å²) in [7, 11) is -3.77. The molecule has 0 aliphatic rings. The van der Waals surface area contributed by atoms with Crippen LogP contribution in [0.5, 0.6) is 0 Å². The minimum absolute atomic E-state index is 0.0679. The molecule has 2 aromatic rings. The van der Waals surface area contributed by atoms with Gasteiger partial charge in [-0.25, -0.2) is 8.42 Å². The van der Waals surface area contributed by atoms with Gasteiger partial charge in [-0.1, -0.05) is 37.6 Å². The number of carbonyl (C=O) groups is 1. The van der Waals surface area contributed by atoms with Crippen LogP contribution in [0.2, 0.25) is 0 Å². The number of sulfonamides is 1. The summed E-state index contributed by atoms with van der Waals surface area (Å²) in [6.45, 7) is 6.32. The highest BCUT2D eigenvalue weighted by atomic mass is 32.2. The van der Waals surface area contributed by atoms with Gasteiger partial charge in [0.2, 0.25) is 0 Å². The smallest absolute Gasteiger partial charge is 0.261 e. The second-order valence-electron chi connectivity index (χ2n) is 6.01. The number of para-hydroxylation sites is 1. The number of hydrogen-bond donors (Lipinski definition) is 2. The highest BCUT2D eigenvalue weighted by molar-refractivity contribution is 7.92. The molecule has 0 bridgehead atoms. The molecule has 0 fully saturated rings. The van der Waals surface area contributed by atoms with Crippen molar-refractivity contribution in [3.63, 3.8) is 0 Å². The molecule has 134 valence electrons. The van der Waals surface area contributed by atoms with Crippen molar-refractivity contribution < 1.29 is 13.2 Å². The van der Waals surface area contributed by atoms with Crippen molar-refractivity contribution in [1.82, 2.24) is 5.32 Å². The molecule has 0 saturated heterocycles. The lowest BCUT2D eigenvalue weighted by molar-refractivity contribution is 0.0953. The summed E-state index contributed by atoms with van der Waals surface area (Å²) in [6.07, 6.45) is 1.87. The summed E-state index contributed by atoms with van der Waals surface area (Å²) in [5, 5.41) is 2.79. The molecule has 0 aromatic heterocycles. The number of unbranched alkanes of at least 4 members (excludes halogenated alkanes) is 1. The SMILES string of the molecule is CCCCNC(=O)c1cccc(S(=O)(=O)Nc2c(C)cccc2C)c1. The third kappa shape index (κ3) is 4.82. The number of rotatable bonds is 7. The Hall–Kier alpha value is -2.34. The van der Waals surface area contributed by atoms with Gasteiger partial charge in [0.1, 0.15) is 0 Å². The molecule has 0 saturated carbocycles. The van der Waals surface area contributed by atoms with Gasteiger partial charge in [-0.15, -0.1) is 0 Å². The molecule has 2 aromatic carbocycles. The van der Waals surface area contributed by atoms with Crippen molar-refractivity contribution in [3.8, 4) is 0 Å². The number of hydrogen-bond acceptors (Lipinski definition) is 3. The van der Waals surface area contributed by atoms with Crippen LogP contribution in [0.1, 0.15) is 41.3 Å². The van der Waals surface area contributed by atoms with Crippen LogP contribution >= 0.6 is 0 Å². The van der Waals surface area contributed by atoms with Gasteiger partial charge in [-0.3, -0.25) is 9.52 Å². The lowest BCUT2D eigenvalue weighted by atomic mass is 10.1. The largest absolute Gasteiger partial charge is 0.352 e. The molecule has 25 heavy (non-hydrogen) atoms. The molecule has 0 aliphatic carbocycles. The zero-order valence-electron chi connectivity index (χ0n) is 14.8. The summed E-state index contributed by atoms with van der Waals surface area (Å²) >= 11 is 0. The van der Waals surface area contributed by atoms with Crippen LogP contribution in [-0.4, -0.2) is 20.9 Å². The third-order valence-corrected chi connectivity index (χ3v) is 5.29. The number of nitrogens with one attached hydrogen (secondary N) is 2. The van der Waals surface area contributed by atoms with E-state index >= 15 is 0 Å². The van der Waals surface area contributed by atoms with E-state index < -0.39 is 10.0 Å². The van der Waals surface area contributed by atoms with Gasteiger partial charge >= 0.3 is 0 Å². The second kappa shape index (κ2) is 8.16. The Balaban J connectivity index is 2.25. The zero-order valence-corrected chi connectivity index (χ0v) is 15.6. The van der Waals surface area contributed by atoms with Crippen molar-refractivity contribution >= 4 is 21.6 Å². The maximum atomic E-state index is 12.7. The molecular weight excluding hydrogens is 336 g/mol. The Morgan fingerprint density at radius 2 is 1.68 bits per heavy atom. The van der Waals surface area contributed by atoms with Crippen molar-refractivity contribution in [2.24, 2.45) is 0 Å². The van der Waals surface area contributed by atoms with E-state index in [9.17, 15) is 13.2 Å². The molecule has 0 atom stereocenters. The number of benzene rings is 2. The molecule has 6 heteroatoms. The van der Waals surface area contributed by atoms with E-state index in [4.69, 9.17) is 0 Å². The number of anilines is 1. The van der Waals surface area contributed by atoms with Crippen LogP contribution in [0.3, 0.4) is 0 Å². The highest BCUT2D eigenvalue weighted by Crippen LogP contribution is 2.23. The predicted molar refractivity (Wildman–Crippen MR) is 100 cm³/mol. The van der Waals surface area contributed by atoms with Crippen LogP contribution < -0.4 is 10.0 Å². The van der Waals surface area contributed by atoms with E-state index in [2.05, 4.69) is 10.0 Å². The Bertz CT molecular complexity index is 840. The van der Waals surface area contributed by atoms with E-state index in [0.717, 1.165) is 24.0 Å². The average molecular weight is 360 g/mol. The third-order valence-electron chi connectivity index (χ3n) is 3.94. The first kappa shape index (κ1) is 19.0. The molecule has 0 radical (unpaired) electrons. The van der Waals surface area contributed by atoms with Gasteiger partial charge in [-0.05, 0) is 49.6 Å². The van der Waals surface area contributed by atoms with E-state index in [1.54, 1.807) is 12.1 Å². The van der Waals surface area contributed by atoms with E-state index in [-0.39, 0.29) is 10.8 Å². The van der Waals surface area contributed by atoms with Crippen LogP contribution in [0.15, 0.2) is 47.4 Å².